The van der Waals surface area contributed by atoms with E-state index >= 15 is 0 Å². The Morgan fingerprint density at radius 3 is 2.53 bits per heavy atom. The van der Waals surface area contributed by atoms with Crippen LogP contribution in [0.15, 0.2) is 40.6 Å². The number of ether oxygens (including phenoxy) is 2. The van der Waals surface area contributed by atoms with Gasteiger partial charge in [0.05, 0.1) is 32.2 Å². The zero-order valence-corrected chi connectivity index (χ0v) is 24.8. The van der Waals surface area contributed by atoms with Gasteiger partial charge in [0, 0.05) is 28.5 Å². The number of aromatic carboxylic acids is 1. The molecule has 0 amide bonds. The van der Waals surface area contributed by atoms with Gasteiger partial charge in [0.15, 0.2) is 5.69 Å². The standard InChI is InChI=1S/C26H24Cl3N3O4S2/c1-13(2)37-25-22(15-5-6-19(28)20(29)11-15)30-26(38-25)32-23(24(33)34)21(14(3)31-32)16-9-17(27)12-18(10-16)36-8-7-35-4/h5-6,9-13H,7-8H2,1-4H3,(H,33,34). The number of carbonyl (C=O) groups is 1. The van der Waals surface area contributed by atoms with Crippen molar-refractivity contribution >= 4 is 63.9 Å². The summed E-state index contributed by atoms with van der Waals surface area (Å²) >= 11 is 21.8. The van der Waals surface area contributed by atoms with Gasteiger partial charge >= 0.3 is 5.97 Å². The van der Waals surface area contributed by atoms with Crippen LogP contribution in [0.25, 0.3) is 27.5 Å². The smallest absolute Gasteiger partial charge is 0.355 e. The number of thiazole rings is 1. The average Bonchev–Trinajstić information content (AvgIpc) is 3.41. The van der Waals surface area contributed by atoms with Gasteiger partial charge in [-0.2, -0.15) is 9.78 Å². The van der Waals surface area contributed by atoms with E-state index in [2.05, 4.69) is 18.9 Å². The molecule has 0 atom stereocenters. The van der Waals surface area contributed by atoms with E-state index in [1.165, 1.54) is 16.0 Å². The summed E-state index contributed by atoms with van der Waals surface area (Å²) in [6.45, 7) is 6.64. The minimum absolute atomic E-state index is 0.0249. The Balaban J connectivity index is 1.86. The van der Waals surface area contributed by atoms with Crippen molar-refractivity contribution in [3.05, 3.63) is 62.9 Å². The fourth-order valence-corrected chi connectivity index (χ4v) is 6.75. The topological polar surface area (TPSA) is 86.5 Å². The van der Waals surface area contributed by atoms with E-state index in [1.54, 1.807) is 56.1 Å². The normalized spacial score (nSPS) is 11.4. The molecule has 0 aliphatic rings. The molecule has 0 aliphatic heterocycles. The van der Waals surface area contributed by atoms with Crippen LogP contribution >= 0.6 is 57.9 Å². The number of benzene rings is 2. The van der Waals surface area contributed by atoms with Crippen LogP contribution in [0, 0.1) is 6.92 Å². The highest BCUT2D eigenvalue weighted by Gasteiger charge is 2.27. The van der Waals surface area contributed by atoms with Gasteiger partial charge in [-0.05, 0) is 42.8 Å². The summed E-state index contributed by atoms with van der Waals surface area (Å²) in [7, 11) is 1.58. The Morgan fingerprint density at radius 2 is 1.87 bits per heavy atom. The lowest BCUT2D eigenvalue weighted by molar-refractivity contribution is 0.0688. The minimum Gasteiger partial charge on any atom is -0.491 e. The Hall–Kier alpha value is -2.27. The molecule has 2 aromatic heterocycles. The number of thioether (sulfide) groups is 1. The first-order valence-electron chi connectivity index (χ1n) is 11.5. The van der Waals surface area contributed by atoms with Crippen molar-refractivity contribution in [3.8, 4) is 33.3 Å². The number of hydrogen-bond donors (Lipinski definition) is 1. The molecular formula is C26H24Cl3N3O4S2. The Bertz CT molecular complexity index is 1490. The van der Waals surface area contributed by atoms with Crippen LogP contribution in [-0.2, 0) is 4.74 Å². The predicted octanol–water partition coefficient (Wildman–Crippen LogP) is 8.16. The molecule has 0 spiro atoms. The Morgan fingerprint density at radius 1 is 1.11 bits per heavy atom. The molecule has 7 nitrogen and oxygen atoms in total. The molecule has 0 aliphatic carbocycles. The molecule has 12 heteroatoms. The maximum absolute atomic E-state index is 12.6. The van der Waals surface area contributed by atoms with Gasteiger partial charge in [-0.1, -0.05) is 66.1 Å². The van der Waals surface area contributed by atoms with Crippen LogP contribution in [0.5, 0.6) is 5.75 Å². The monoisotopic (exact) mass is 611 g/mol. The lowest BCUT2D eigenvalue weighted by atomic mass is 10.0. The molecule has 2 heterocycles. The zero-order valence-electron chi connectivity index (χ0n) is 20.9. The fraction of sp³-hybridized carbons (Fsp3) is 0.269. The maximum Gasteiger partial charge on any atom is 0.355 e. The first kappa shape index (κ1) is 28.7. The zero-order chi connectivity index (χ0) is 27.6. The van der Waals surface area contributed by atoms with Crippen LogP contribution in [0.2, 0.25) is 15.1 Å². The molecular weight excluding hydrogens is 589 g/mol. The molecule has 38 heavy (non-hydrogen) atoms. The molecule has 0 saturated carbocycles. The van der Waals surface area contributed by atoms with Crippen LogP contribution in [0.3, 0.4) is 0 Å². The van der Waals surface area contributed by atoms with Crippen molar-refractivity contribution in [2.75, 3.05) is 20.3 Å². The van der Waals surface area contributed by atoms with Gasteiger partial charge in [-0.15, -0.1) is 11.8 Å². The van der Waals surface area contributed by atoms with Crippen molar-refractivity contribution in [3.63, 3.8) is 0 Å². The molecule has 0 saturated heterocycles. The van der Waals surface area contributed by atoms with E-state index < -0.39 is 5.97 Å². The summed E-state index contributed by atoms with van der Waals surface area (Å²) in [5.41, 5.74) is 2.95. The number of carboxylic acids is 1. The first-order valence-corrected chi connectivity index (χ1v) is 14.3. The predicted molar refractivity (Wildman–Crippen MR) is 155 cm³/mol. The molecule has 0 radical (unpaired) electrons. The highest BCUT2D eigenvalue weighted by molar-refractivity contribution is 8.01. The summed E-state index contributed by atoms with van der Waals surface area (Å²) in [4.78, 5) is 17.4. The second kappa shape index (κ2) is 12.3. The third-order valence-electron chi connectivity index (χ3n) is 5.28. The minimum atomic E-state index is -1.15. The quantitative estimate of drug-likeness (QED) is 0.143. The largest absolute Gasteiger partial charge is 0.491 e. The molecule has 0 fully saturated rings. The van der Waals surface area contributed by atoms with Crippen LogP contribution < -0.4 is 4.74 Å². The van der Waals surface area contributed by atoms with Gasteiger partial charge in [-0.3, -0.25) is 0 Å². The van der Waals surface area contributed by atoms with E-state index in [9.17, 15) is 9.90 Å². The Labute approximate surface area is 243 Å². The summed E-state index contributed by atoms with van der Waals surface area (Å²) in [6, 6.07) is 10.4. The number of halogens is 3. The van der Waals surface area contributed by atoms with E-state index in [0.29, 0.717) is 61.7 Å². The second-order valence-corrected chi connectivity index (χ2v) is 12.5. The SMILES string of the molecule is COCCOc1cc(Cl)cc(-c2c(C)nn(-c3nc(-c4ccc(Cl)c(Cl)c4)c(SC(C)C)s3)c2C(=O)O)c1. The maximum atomic E-state index is 12.6. The van der Waals surface area contributed by atoms with E-state index in [1.807, 2.05) is 6.07 Å². The second-order valence-electron chi connectivity index (χ2n) is 8.47. The molecule has 1 N–H and O–H groups in total. The first-order chi connectivity index (χ1) is 18.1. The molecule has 0 bridgehead atoms. The number of aryl methyl sites for hydroxylation is 1. The van der Waals surface area contributed by atoms with Crippen LogP contribution in [0.1, 0.15) is 30.0 Å². The number of methoxy groups -OCH3 is 1. The summed E-state index contributed by atoms with van der Waals surface area (Å²) in [5.74, 6) is -0.647. The van der Waals surface area contributed by atoms with E-state index in [0.717, 1.165) is 9.77 Å². The van der Waals surface area contributed by atoms with E-state index in [4.69, 9.17) is 49.3 Å². The third kappa shape index (κ3) is 6.30. The van der Waals surface area contributed by atoms with Crippen molar-refractivity contribution in [1.82, 2.24) is 14.8 Å². The fourth-order valence-electron chi connectivity index (χ4n) is 3.75. The van der Waals surface area contributed by atoms with Crippen molar-refractivity contribution in [2.45, 2.75) is 30.2 Å². The highest BCUT2D eigenvalue weighted by Crippen LogP contribution is 2.42. The molecule has 200 valence electrons. The van der Waals surface area contributed by atoms with Crippen molar-refractivity contribution < 1.29 is 19.4 Å². The lowest BCUT2D eigenvalue weighted by Gasteiger charge is -2.09. The van der Waals surface area contributed by atoms with Gasteiger partial charge in [0.2, 0.25) is 5.13 Å². The summed E-state index contributed by atoms with van der Waals surface area (Å²) in [5, 5.41) is 16.8. The lowest BCUT2D eigenvalue weighted by Crippen LogP contribution is -2.09. The average molecular weight is 613 g/mol. The molecule has 4 aromatic rings. The number of hydrogen-bond acceptors (Lipinski definition) is 7. The third-order valence-corrected chi connectivity index (χ3v) is 8.48. The van der Waals surface area contributed by atoms with Gasteiger partial charge in [-0.25, -0.2) is 9.78 Å². The molecule has 2 aromatic carbocycles. The van der Waals surface area contributed by atoms with Crippen LogP contribution in [0.4, 0.5) is 0 Å². The summed E-state index contributed by atoms with van der Waals surface area (Å²) < 4.78 is 13.1. The number of carboxylic acid groups (broad SMARTS) is 1. The van der Waals surface area contributed by atoms with Crippen molar-refractivity contribution in [1.29, 1.82) is 0 Å². The van der Waals surface area contributed by atoms with Crippen LogP contribution in [-0.4, -0.2) is 51.4 Å². The number of nitrogens with zero attached hydrogens (tertiary/aromatic N) is 3. The van der Waals surface area contributed by atoms with Gasteiger partial charge in [0.1, 0.15) is 12.4 Å². The Kier molecular flexibility index (Phi) is 9.28. The van der Waals surface area contributed by atoms with Gasteiger partial charge < -0.3 is 14.6 Å². The molecule has 4 rings (SSSR count). The number of rotatable bonds is 10. The van der Waals surface area contributed by atoms with Gasteiger partial charge in [0.25, 0.3) is 0 Å². The van der Waals surface area contributed by atoms with E-state index in [-0.39, 0.29) is 10.9 Å². The molecule has 0 unspecified atom stereocenters. The number of aromatic nitrogens is 3. The van der Waals surface area contributed by atoms with Crippen molar-refractivity contribution in [2.24, 2.45) is 0 Å². The summed E-state index contributed by atoms with van der Waals surface area (Å²) in [6.07, 6.45) is 0. The highest BCUT2D eigenvalue weighted by atomic mass is 35.5.